The standard InChI is InChI=1S/C22H33N7O4/c1-12(2)18(20(31)28-17(21(32)33)8-5-9-26-22(24)25)29-19(30)15(23)10-13-11-27-16-7-4-3-6-14(13)16/h3-4,6-7,11-12,15,17-18,27H,5,8-10,23H2,1-2H3,(H,28,31)(H,29,30)(H,32,33)(H4,24,25,26)/t15-,17-,18-/m0/s1. The van der Waals surface area contributed by atoms with Crippen LogP contribution in [0.3, 0.4) is 0 Å². The summed E-state index contributed by atoms with van der Waals surface area (Å²) in [5, 5.41) is 15.6. The fraction of sp³-hybridized carbons (Fsp3) is 0.455. The third kappa shape index (κ3) is 7.49. The summed E-state index contributed by atoms with van der Waals surface area (Å²) < 4.78 is 0. The minimum Gasteiger partial charge on any atom is -0.480 e. The molecule has 0 aliphatic heterocycles. The highest BCUT2D eigenvalue weighted by Gasteiger charge is 2.30. The van der Waals surface area contributed by atoms with Crippen LogP contribution in [0.25, 0.3) is 10.9 Å². The number of benzene rings is 1. The Kier molecular flexibility index (Phi) is 9.22. The molecule has 11 heteroatoms. The summed E-state index contributed by atoms with van der Waals surface area (Å²) in [5.41, 5.74) is 18.5. The first-order valence-corrected chi connectivity index (χ1v) is 10.8. The number of rotatable bonds is 12. The van der Waals surface area contributed by atoms with Crippen LogP contribution in [0.1, 0.15) is 32.3 Å². The molecule has 0 radical (unpaired) electrons. The van der Waals surface area contributed by atoms with Crippen LogP contribution < -0.4 is 27.8 Å². The topological polar surface area (TPSA) is 202 Å². The number of carbonyl (C=O) groups is 3. The molecule has 11 nitrogen and oxygen atoms in total. The van der Waals surface area contributed by atoms with Gasteiger partial charge in [0.2, 0.25) is 11.8 Å². The molecule has 0 aliphatic carbocycles. The van der Waals surface area contributed by atoms with Gasteiger partial charge in [-0.1, -0.05) is 32.0 Å². The van der Waals surface area contributed by atoms with Crippen LogP contribution in [-0.4, -0.2) is 58.5 Å². The first kappa shape index (κ1) is 25.7. The van der Waals surface area contributed by atoms with Gasteiger partial charge in [-0.3, -0.25) is 14.6 Å². The van der Waals surface area contributed by atoms with E-state index in [1.54, 1.807) is 13.8 Å². The van der Waals surface area contributed by atoms with Crippen molar-refractivity contribution in [1.29, 1.82) is 0 Å². The number of aliphatic imine (C=N–C) groups is 1. The van der Waals surface area contributed by atoms with Gasteiger partial charge in [-0.15, -0.1) is 0 Å². The summed E-state index contributed by atoms with van der Waals surface area (Å²) in [6.45, 7) is 3.75. The molecule has 0 unspecified atom stereocenters. The zero-order valence-corrected chi connectivity index (χ0v) is 18.9. The van der Waals surface area contributed by atoms with Crippen molar-refractivity contribution in [2.24, 2.45) is 28.1 Å². The third-order valence-electron chi connectivity index (χ3n) is 5.26. The predicted molar refractivity (Wildman–Crippen MR) is 126 cm³/mol. The van der Waals surface area contributed by atoms with Crippen molar-refractivity contribution in [2.45, 2.75) is 51.2 Å². The molecule has 2 aromatic rings. The Morgan fingerprint density at radius 1 is 1.12 bits per heavy atom. The molecule has 3 atom stereocenters. The summed E-state index contributed by atoms with van der Waals surface area (Å²) in [7, 11) is 0. The molecule has 1 aromatic heterocycles. The van der Waals surface area contributed by atoms with Gasteiger partial charge in [0, 0.05) is 23.6 Å². The van der Waals surface area contributed by atoms with Crippen molar-refractivity contribution in [1.82, 2.24) is 15.6 Å². The molecule has 10 N–H and O–H groups in total. The van der Waals surface area contributed by atoms with Crippen molar-refractivity contribution in [3.05, 3.63) is 36.0 Å². The number of para-hydroxylation sites is 1. The maximum Gasteiger partial charge on any atom is 0.326 e. The van der Waals surface area contributed by atoms with E-state index in [2.05, 4.69) is 20.6 Å². The molecule has 0 saturated carbocycles. The van der Waals surface area contributed by atoms with E-state index in [-0.39, 0.29) is 31.3 Å². The average molecular weight is 460 g/mol. The van der Waals surface area contributed by atoms with Crippen LogP contribution in [0.4, 0.5) is 0 Å². The van der Waals surface area contributed by atoms with Crippen LogP contribution >= 0.6 is 0 Å². The lowest BCUT2D eigenvalue weighted by molar-refractivity contribution is -0.142. The highest BCUT2D eigenvalue weighted by Crippen LogP contribution is 2.19. The van der Waals surface area contributed by atoms with Crippen molar-refractivity contribution < 1.29 is 19.5 Å². The van der Waals surface area contributed by atoms with Crippen LogP contribution in [0, 0.1) is 5.92 Å². The van der Waals surface area contributed by atoms with Gasteiger partial charge in [0.25, 0.3) is 0 Å². The van der Waals surface area contributed by atoms with E-state index in [0.29, 0.717) is 6.42 Å². The number of nitrogens with two attached hydrogens (primary N) is 3. The monoisotopic (exact) mass is 459 g/mol. The lowest BCUT2D eigenvalue weighted by atomic mass is 10.0. The van der Waals surface area contributed by atoms with Crippen molar-refractivity contribution in [3.63, 3.8) is 0 Å². The van der Waals surface area contributed by atoms with Gasteiger partial charge in [-0.25, -0.2) is 4.79 Å². The van der Waals surface area contributed by atoms with E-state index < -0.39 is 35.9 Å². The number of hydrogen-bond acceptors (Lipinski definition) is 5. The molecular weight excluding hydrogens is 426 g/mol. The minimum absolute atomic E-state index is 0.0857. The fourth-order valence-corrected chi connectivity index (χ4v) is 3.45. The Balaban J connectivity index is 1.99. The lowest BCUT2D eigenvalue weighted by Gasteiger charge is -2.25. The Bertz CT molecular complexity index is 998. The van der Waals surface area contributed by atoms with E-state index in [4.69, 9.17) is 17.2 Å². The summed E-state index contributed by atoms with van der Waals surface area (Å²) in [6.07, 6.45) is 2.59. The normalized spacial score (nSPS) is 13.8. The Morgan fingerprint density at radius 3 is 2.45 bits per heavy atom. The Labute approximate surface area is 192 Å². The molecule has 2 amide bonds. The highest BCUT2D eigenvalue weighted by atomic mass is 16.4. The van der Waals surface area contributed by atoms with Gasteiger partial charge in [-0.05, 0) is 36.8 Å². The second-order valence-electron chi connectivity index (χ2n) is 8.25. The molecule has 180 valence electrons. The number of carboxylic acids is 1. The molecule has 33 heavy (non-hydrogen) atoms. The largest absolute Gasteiger partial charge is 0.480 e. The number of aromatic amines is 1. The van der Waals surface area contributed by atoms with Gasteiger partial charge in [-0.2, -0.15) is 0 Å². The molecule has 0 spiro atoms. The number of carbonyl (C=O) groups excluding carboxylic acids is 2. The van der Waals surface area contributed by atoms with Crippen LogP contribution in [-0.2, 0) is 20.8 Å². The number of carboxylic acid groups (broad SMARTS) is 1. The Hall–Kier alpha value is -3.60. The van der Waals surface area contributed by atoms with E-state index in [0.717, 1.165) is 16.5 Å². The lowest BCUT2D eigenvalue weighted by Crippen LogP contribution is -2.56. The molecular formula is C22H33N7O4. The van der Waals surface area contributed by atoms with Crippen LogP contribution in [0.5, 0.6) is 0 Å². The smallest absolute Gasteiger partial charge is 0.326 e. The minimum atomic E-state index is -1.18. The van der Waals surface area contributed by atoms with Crippen LogP contribution in [0.2, 0.25) is 0 Å². The molecule has 2 rings (SSSR count). The summed E-state index contributed by atoms with van der Waals surface area (Å²) in [6, 6.07) is 4.73. The maximum absolute atomic E-state index is 12.8. The molecule has 1 heterocycles. The molecule has 0 fully saturated rings. The fourth-order valence-electron chi connectivity index (χ4n) is 3.45. The zero-order valence-electron chi connectivity index (χ0n) is 18.9. The van der Waals surface area contributed by atoms with E-state index in [9.17, 15) is 19.5 Å². The highest BCUT2D eigenvalue weighted by molar-refractivity contribution is 5.92. The number of aliphatic carboxylic acids is 1. The third-order valence-corrected chi connectivity index (χ3v) is 5.26. The quantitative estimate of drug-likeness (QED) is 0.129. The van der Waals surface area contributed by atoms with Crippen molar-refractivity contribution >= 4 is 34.6 Å². The number of nitrogens with one attached hydrogen (secondary N) is 3. The Morgan fingerprint density at radius 2 is 1.82 bits per heavy atom. The SMILES string of the molecule is CC(C)[C@H](NC(=O)[C@@H](N)Cc1c[nH]c2ccccc12)C(=O)N[C@@H](CCCN=C(N)N)C(=O)O. The summed E-state index contributed by atoms with van der Waals surface area (Å²) >= 11 is 0. The maximum atomic E-state index is 12.8. The number of nitrogens with zero attached hydrogens (tertiary/aromatic N) is 1. The molecule has 0 bridgehead atoms. The number of amides is 2. The van der Waals surface area contributed by atoms with Gasteiger partial charge in [0.05, 0.1) is 6.04 Å². The second kappa shape index (κ2) is 11.9. The second-order valence-corrected chi connectivity index (χ2v) is 8.25. The number of guanidine groups is 1. The zero-order chi connectivity index (χ0) is 24.5. The molecule has 1 aromatic carbocycles. The van der Waals surface area contributed by atoms with Crippen LogP contribution in [0.15, 0.2) is 35.5 Å². The number of aromatic nitrogens is 1. The van der Waals surface area contributed by atoms with Crippen molar-refractivity contribution in [2.75, 3.05) is 6.54 Å². The van der Waals surface area contributed by atoms with Gasteiger partial charge in [0.1, 0.15) is 12.1 Å². The molecule has 0 saturated heterocycles. The summed E-state index contributed by atoms with van der Waals surface area (Å²) in [5.74, 6) is -2.64. The van der Waals surface area contributed by atoms with Crippen molar-refractivity contribution in [3.8, 4) is 0 Å². The molecule has 0 aliphatic rings. The van der Waals surface area contributed by atoms with E-state index >= 15 is 0 Å². The van der Waals surface area contributed by atoms with E-state index in [1.165, 1.54) is 0 Å². The summed E-state index contributed by atoms with van der Waals surface area (Å²) in [4.78, 5) is 44.0. The first-order chi connectivity index (χ1) is 15.6. The van der Waals surface area contributed by atoms with Gasteiger partial charge >= 0.3 is 5.97 Å². The number of fused-ring (bicyclic) bond motifs is 1. The van der Waals surface area contributed by atoms with Gasteiger partial charge < -0.3 is 37.9 Å². The average Bonchev–Trinajstić information content (AvgIpc) is 3.16. The van der Waals surface area contributed by atoms with E-state index in [1.807, 2.05) is 30.5 Å². The predicted octanol–water partition coefficient (Wildman–Crippen LogP) is -0.198. The van der Waals surface area contributed by atoms with Gasteiger partial charge in [0.15, 0.2) is 5.96 Å². The number of H-pyrrole nitrogens is 1. The first-order valence-electron chi connectivity index (χ1n) is 10.8. The number of hydrogen-bond donors (Lipinski definition) is 7.